The first kappa shape index (κ1) is 14.7. The number of carbonyl (C=O) groups excluding carboxylic acids is 2. The molecule has 1 aromatic heterocycles. The summed E-state index contributed by atoms with van der Waals surface area (Å²) in [6.45, 7) is 2.59. The monoisotopic (exact) mass is 319 g/mol. The molecule has 124 valence electrons. The molecule has 1 saturated carbocycles. The topological polar surface area (TPSA) is 84.7 Å². The number of hydrogen-bond donors (Lipinski definition) is 1. The number of aromatic nitrogens is 1. The number of nitrogens with one attached hydrogen (secondary N) is 1. The molecule has 2 amide bonds. The molecule has 3 aliphatic rings. The number of ether oxygens (including phenoxy) is 1. The van der Waals surface area contributed by atoms with Crippen molar-refractivity contribution in [2.45, 2.75) is 31.8 Å². The van der Waals surface area contributed by atoms with Gasteiger partial charge in [0.1, 0.15) is 0 Å². The molecule has 7 heteroatoms. The van der Waals surface area contributed by atoms with Gasteiger partial charge in [-0.05, 0) is 19.3 Å². The first-order chi connectivity index (χ1) is 11.2. The van der Waals surface area contributed by atoms with E-state index in [2.05, 4.69) is 10.5 Å². The number of likely N-dealkylation sites (tertiary alicyclic amines) is 1. The van der Waals surface area contributed by atoms with E-state index in [-0.39, 0.29) is 35.0 Å². The van der Waals surface area contributed by atoms with Gasteiger partial charge in [0.2, 0.25) is 11.7 Å². The summed E-state index contributed by atoms with van der Waals surface area (Å²) in [5.41, 5.74) is 0.0432. The zero-order valence-electron chi connectivity index (χ0n) is 13.0. The van der Waals surface area contributed by atoms with Crippen LogP contribution in [0, 0.1) is 11.3 Å². The van der Waals surface area contributed by atoms with Crippen molar-refractivity contribution in [1.29, 1.82) is 0 Å². The van der Waals surface area contributed by atoms with Gasteiger partial charge < -0.3 is 19.5 Å². The molecule has 0 aromatic carbocycles. The molecule has 2 saturated heterocycles. The van der Waals surface area contributed by atoms with Gasteiger partial charge >= 0.3 is 0 Å². The SMILES string of the molecule is O=C(NC[C@@H]1CC2(CO1)CN(C(=O)c1ccno1)C2)C1CCC1. The van der Waals surface area contributed by atoms with Gasteiger partial charge in [0.15, 0.2) is 0 Å². The Hall–Kier alpha value is -1.89. The quantitative estimate of drug-likeness (QED) is 0.888. The first-order valence-corrected chi connectivity index (χ1v) is 8.25. The number of nitrogens with zero attached hydrogens (tertiary/aromatic N) is 2. The van der Waals surface area contributed by atoms with Crippen LogP contribution in [0.5, 0.6) is 0 Å². The number of rotatable bonds is 4. The standard InChI is InChI=1S/C16H21N3O4/c20-14(11-2-1-3-11)17-7-12-6-16(10-22-12)8-19(9-16)15(21)13-4-5-18-23-13/h4-5,11-12H,1-3,6-10H2,(H,17,20)/t12-/m0/s1. The summed E-state index contributed by atoms with van der Waals surface area (Å²) in [7, 11) is 0. The van der Waals surface area contributed by atoms with Crippen LogP contribution in [-0.2, 0) is 9.53 Å². The van der Waals surface area contributed by atoms with Crippen molar-refractivity contribution in [2.24, 2.45) is 11.3 Å². The second kappa shape index (κ2) is 5.63. The molecule has 2 aliphatic heterocycles. The lowest BCUT2D eigenvalue weighted by molar-refractivity contribution is -0.127. The smallest absolute Gasteiger partial charge is 0.292 e. The molecule has 23 heavy (non-hydrogen) atoms. The van der Waals surface area contributed by atoms with Crippen LogP contribution in [0.1, 0.15) is 36.2 Å². The summed E-state index contributed by atoms with van der Waals surface area (Å²) in [6.07, 6.45) is 5.61. The lowest BCUT2D eigenvalue weighted by Crippen LogP contribution is -2.59. The van der Waals surface area contributed by atoms with Crippen LogP contribution in [-0.4, -0.2) is 54.2 Å². The minimum absolute atomic E-state index is 0.0432. The van der Waals surface area contributed by atoms with Crippen LogP contribution < -0.4 is 5.32 Å². The Labute approximate surface area is 134 Å². The summed E-state index contributed by atoms with van der Waals surface area (Å²) < 4.78 is 10.7. The minimum Gasteiger partial charge on any atom is -0.376 e. The average molecular weight is 319 g/mol. The molecule has 1 aromatic rings. The normalized spacial score (nSPS) is 25.9. The van der Waals surface area contributed by atoms with Gasteiger partial charge in [-0.2, -0.15) is 0 Å². The lowest BCUT2D eigenvalue weighted by Gasteiger charge is -2.46. The predicted molar refractivity (Wildman–Crippen MR) is 79.5 cm³/mol. The molecule has 1 aliphatic carbocycles. The highest BCUT2D eigenvalue weighted by atomic mass is 16.5. The summed E-state index contributed by atoms with van der Waals surface area (Å²) >= 11 is 0. The van der Waals surface area contributed by atoms with Crippen molar-refractivity contribution in [3.8, 4) is 0 Å². The van der Waals surface area contributed by atoms with Gasteiger partial charge in [0, 0.05) is 37.0 Å². The molecule has 3 heterocycles. The van der Waals surface area contributed by atoms with E-state index in [4.69, 9.17) is 9.26 Å². The molecule has 0 unspecified atom stereocenters. The Morgan fingerprint density at radius 3 is 2.87 bits per heavy atom. The molecule has 0 radical (unpaired) electrons. The summed E-state index contributed by atoms with van der Waals surface area (Å²) in [5, 5.41) is 6.57. The van der Waals surface area contributed by atoms with Crippen LogP contribution >= 0.6 is 0 Å². The second-order valence-corrected chi connectivity index (χ2v) is 7.05. The van der Waals surface area contributed by atoms with Crippen LogP contribution in [0.15, 0.2) is 16.8 Å². The van der Waals surface area contributed by atoms with E-state index in [0.29, 0.717) is 26.2 Å². The van der Waals surface area contributed by atoms with Crippen LogP contribution in [0.25, 0.3) is 0 Å². The Balaban J connectivity index is 1.23. The predicted octanol–water partition coefficient (Wildman–Crippen LogP) is 0.822. The Kier molecular flexibility index (Phi) is 3.60. The molecular weight excluding hydrogens is 298 g/mol. The highest BCUT2D eigenvalue weighted by Crippen LogP contribution is 2.41. The van der Waals surface area contributed by atoms with Gasteiger partial charge in [-0.3, -0.25) is 9.59 Å². The van der Waals surface area contributed by atoms with Crippen molar-refractivity contribution in [3.63, 3.8) is 0 Å². The molecule has 4 rings (SSSR count). The Morgan fingerprint density at radius 1 is 1.39 bits per heavy atom. The van der Waals surface area contributed by atoms with Crippen LogP contribution in [0.4, 0.5) is 0 Å². The maximum absolute atomic E-state index is 12.1. The van der Waals surface area contributed by atoms with Crippen molar-refractivity contribution >= 4 is 11.8 Å². The highest BCUT2D eigenvalue weighted by molar-refractivity contribution is 5.92. The molecule has 0 bridgehead atoms. The van der Waals surface area contributed by atoms with E-state index < -0.39 is 0 Å². The fourth-order valence-electron chi connectivity index (χ4n) is 3.67. The Morgan fingerprint density at radius 2 is 2.22 bits per heavy atom. The van der Waals surface area contributed by atoms with E-state index in [9.17, 15) is 9.59 Å². The van der Waals surface area contributed by atoms with Gasteiger partial charge in [0.25, 0.3) is 5.91 Å². The maximum atomic E-state index is 12.1. The number of amides is 2. The largest absolute Gasteiger partial charge is 0.376 e. The van der Waals surface area contributed by atoms with Crippen molar-refractivity contribution in [1.82, 2.24) is 15.4 Å². The van der Waals surface area contributed by atoms with Crippen molar-refractivity contribution < 1.29 is 18.8 Å². The minimum atomic E-state index is -0.116. The fourth-order valence-corrected chi connectivity index (χ4v) is 3.67. The van der Waals surface area contributed by atoms with Crippen molar-refractivity contribution in [2.75, 3.05) is 26.2 Å². The number of hydrogen-bond acceptors (Lipinski definition) is 5. The average Bonchev–Trinajstić information content (AvgIpc) is 3.10. The summed E-state index contributed by atoms with van der Waals surface area (Å²) in [6, 6.07) is 1.58. The number of carbonyl (C=O) groups is 2. The molecule has 7 nitrogen and oxygen atoms in total. The van der Waals surface area contributed by atoms with E-state index in [1.54, 1.807) is 11.0 Å². The zero-order valence-corrected chi connectivity index (χ0v) is 13.0. The molecular formula is C16H21N3O4. The zero-order chi connectivity index (χ0) is 15.9. The van der Waals surface area contributed by atoms with Gasteiger partial charge in [0.05, 0.1) is 18.9 Å². The second-order valence-electron chi connectivity index (χ2n) is 7.05. The highest BCUT2D eigenvalue weighted by Gasteiger charge is 2.51. The van der Waals surface area contributed by atoms with E-state index in [0.717, 1.165) is 25.7 Å². The van der Waals surface area contributed by atoms with E-state index >= 15 is 0 Å². The summed E-state index contributed by atoms with van der Waals surface area (Å²) in [4.78, 5) is 25.8. The van der Waals surface area contributed by atoms with Crippen LogP contribution in [0.2, 0.25) is 0 Å². The molecule has 1 atom stereocenters. The third kappa shape index (κ3) is 2.73. The summed E-state index contributed by atoms with van der Waals surface area (Å²) in [5.74, 6) is 0.540. The van der Waals surface area contributed by atoms with Gasteiger partial charge in [-0.1, -0.05) is 11.6 Å². The lowest BCUT2D eigenvalue weighted by atomic mass is 9.77. The third-order valence-electron chi connectivity index (χ3n) is 5.25. The van der Waals surface area contributed by atoms with Gasteiger partial charge in [-0.15, -0.1) is 0 Å². The van der Waals surface area contributed by atoms with Crippen molar-refractivity contribution in [3.05, 3.63) is 18.0 Å². The van der Waals surface area contributed by atoms with Gasteiger partial charge in [-0.25, -0.2) is 0 Å². The molecule has 1 N–H and O–H groups in total. The van der Waals surface area contributed by atoms with Crippen LogP contribution in [0.3, 0.4) is 0 Å². The molecule has 1 spiro atoms. The van der Waals surface area contributed by atoms with E-state index in [1.165, 1.54) is 6.20 Å². The first-order valence-electron chi connectivity index (χ1n) is 8.25. The van der Waals surface area contributed by atoms with E-state index in [1.807, 2.05) is 0 Å². The third-order valence-corrected chi connectivity index (χ3v) is 5.25. The fraction of sp³-hybridized carbons (Fsp3) is 0.688. The molecule has 3 fully saturated rings. The maximum Gasteiger partial charge on any atom is 0.292 e. The Bertz CT molecular complexity index is 590.